The van der Waals surface area contributed by atoms with Gasteiger partial charge in [-0.2, -0.15) is 0 Å². The summed E-state index contributed by atoms with van der Waals surface area (Å²) in [6.45, 7) is 3.25. The number of halogens is 2. The Morgan fingerprint density at radius 2 is 2.10 bits per heavy atom. The molecule has 3 aromatic rings. The second-order valence-electron chi connectivity index (χ2n) is 7.38. The second-order valence-corrected chi connectivity index (χ2v) is 8.73. The highest BCUT2D eigenvalue weighted by molar-refractivity contribution is 7.99. The second kappa shape index (κ2) is 9.80. The molecule has 0 bridgehead atoms. The topological polar surface area (TPSA) is 69.0 Å². The number of ether oxygens (including phenoxy) is 1. The van der Waals surface area contributed by atoms with E-state index in [2.05, 4.69) is 15.5 Å². The van der Waals surface area contributed by atoms with Gasteiger partial charge in [-0.25, -0.2) is 4.39 Å². The SMILES string of the molecule is Cc1ccc(NC(=O)CSc2nnc(-c3ccc(F)cc3)n2CC2CCCO2)c(Cl)c1. The van der Waals surface area contributed by atoms with Crippen LogP contribution in [0.4, 0.5) is 10.1 Å². The van der Waals surface area contributed by atoms with Crippen molar-refractivity contribution in [1.82, 2.24) is 14.8 Å². The van der Waals surface area contributed by atoms with Crippen LogP contribution in [0.3, 0.4) is 0 Å². The molecular formula is C22H22ClFN4O2S. The number of nitrogens with one attached hydrogen (secondary N) is 1. The fourth-order valence-electron chi connectivity index (χ4n) is 3.40. The lowest BCUT2D eigenvalue weighted by atomic mass is 10.2. The fourth-order valence-corrected chi connectivity index (χ4v) is 4.43. The lowest BCUT2D eigenvalue weighted by Crippen LogP contribution is -2.18. The van der Waals surface area contributed by atoms with Crippen molar-refractivity contribution in [2.75, 3.05) is 17.7 Å². The number of rotatable bonds is 7. The Balaban J connectivity index is 1.50. The lowest BCUT2D eigenvalue weighted by molar-refractivity contribution is -0.113. The zero-order valence-electron chi connectivity index (χ0n) is 17.0. The summed E-state index contributed by atoms with van der Waals surface area (Å²) in [5.41, 5.74) is 2.35. The summed E-state index contributed by atoms with van der Waals surface area (Å²) in [5.74, 6) is 0.276. The van der Waals surface area contributed by atoms with E-state index in [0.717, 1.165) is 30.6 Å². The van der Waals surface area contributed by atoms with Crippen LogP contribution in [-0.2, 0) is 16.1 Å². The van der Waals surface area contributed by atoms with Crippen LogP contribution in [0.1, 0.15) is 18.4 Å². The van der Waals surface area contributed by atoms with Gasteiger partial charge in [-0.15, -0.1) is 10.2 Å². The first kappa shape index (κ1) is 21.8. The maximum Gasteiger partial charge on any atom is 0.234 e. The van der Waals surface area contributed by atoms with Gasteiger partial charge in [0.1, 0.15) is 5.82 Å². The zero-order valence-corrected chi connectivity index (χ0v) is 18.5. The number of aromatic nitrogens is 3. The van der Waals surface area contributed by atoms with Crippen LogP contribution in [0.25, 0.3) is 11.4 Å². The average molecular weight is 461 g/mol. The minimum absolute atomic E-state index is 0.0646. The van der Waals surface area contributed by atoms with Crippen LogP contribution in [0, 0.1) is 12.7 Å². The van der Waals surface area contributed by atoms with Crippen LogP contribution in [-0.4, -0.2) is 39.1 Å². The Bertz CT molecular complexity index is 1070. The smallest absolute Gasteiger partial charge is 0.234 e. The van der Waals surface area contributed by atoms with E-state index in [1.807, 2.05) is 17.6 Å². The third kappa shape index (κ3) is 5.44. The highest BCUT2D eigenvalue weighted by Gasteiger charge is 2.22. The van der Waals surface area contributed by atoms with Gasteiger partial charge in [0.15, 0.2) is 11.0 Å². The fraction of sp³-hybridized carbons (Fsp3) is 0.318. The number of amides is 1. The van der Waals surface area contributed by atoms with E-state index >= 15 is 0 Å². The van der Waals surface area contributed by atoms with Gasteiger partial charge in [0.05, 0.1) is 29.1 Å². The minimum atomic E-state index is -0.310. The van der Waals surface area contributed by atoms with Crippen LogP contribution in [0.15, 0.2) is 47.6 Å². The summed E-state index contributed by atoms with van der Waals surface area (Å²) in [4.78, 5) is 12.5. The van der Waals surface area contributed by atoms with Gasteiger partial charge in [0, 0.05) is 12.2 Å². The number of anilines is 1. The number of aryl methyl sites for hydroxylation is 1. The normalized spacial score (nSPS) is 15.9. The molecule has 31 heavy (non-hydrogen) atoms. The molecule has 1 aliphatic heterocycles. The lowest BCUT2D eigenvalue weighted by Gasteiger charge is -2.15. The molecule has 0 saturated carbocycles. The molecule has 4 rings (SSSR count). The van der Waals surface area contributed by atoms with Crippen LogP contribution < -0.4 is 5.32 Å². The molecule has 1 aromatic heterocycles. The Morgan fingerprint density at radius 1 is 1.29 bits per heavy atom. The Kier molecular flexibility index (Phi) is 6.89. The van der Waals surface area contributed by atoms with Crippen molar-refractivity contribution in [3.05, 3.63) is 58.9 Å². The van der Waals surface area contributed by atoms with Crippen molar-refractivity contribution in [3.8, 4) is 11.4 Å². The van der Waals surface area contributed by atoms with Crippen molar-refractivity contribution in [3.63, 3.8) is 0 Å². The molecule has 0 radical (unpaired) electrons. The summed E-state index contributed by atoms with van der Waals surface area (Å²) < 4.78 is 21.1. The molecule has 1 aliphatic rings. The molecule has 6 nitrogen and oxygen atoms in total. The summed E-state index contributed by atoms with van der Waals surface area (Å²) in [6.07, 6.45) is 2.04. The number of nitrogens with zero attached hydrogens (tertiary/aromatic N) is 3. The van der Waals surface area contributed by atoms with Gasteiger partial charge in [0.2, 0.25) is 5.91 Å². The molecule has 2 heterocycles. The van der Waals surface area contributed by atoms with Gasteiger partial charge in [-0.05, 0) is 61.7 Å². The van der Waals surface area contributed by atoms with Crippen molar-refractivity contribution in [1.29, 1.82) is 0 Å². The molecule has 1 atom stereocenters. The van der Waals surface area contributed by atoms with E-state index in [1.54, 1.807) is 24.3 Å². The molecule has 2 aromatic carbocycles. The molecule has 1 unspecified atom stereocenters. The standard InChI is InChI=1S/C22H22ClFN4O2S/c1-14-4-9-19(18(23)11-14)25-20(29)13-31-22-27-26-21(15-5-7-16(24)8-6-15)28(22)12-17-3-2-10-30-17/h4-9,11,17H,2-3,10,12-13H2,1H3,(H,25,29). The Labute approximate surface area is 189 Å². The van der Waals surface area contributed by atoms with E-state index in [9.17, 15) is 9.18 Å². The first-order valence-corrected chi connectivity index (χ1v) is 11.4. The molecule has 162 valence electrons. The van der Waals surface area contributed by atoms with Gasteiger partial charge in [0.25, 0.3) is 0 Å². The molecule has 0 spiro atoms. The Morgan fingerprint density at radius 3 is 2.81 bits per heavy atom. The molecule has 1 saturated heterocycles. The van der Waals surface area contributed by atoms with Crippen LogP contribution in [0.5, 0.6) is 0 Å². The largest absolute Gasteiger partial charge is 0.376 e. The summed E-state index contributed by atoms with van der Waals surface area (Å²) in [7, 11) is 0. The average Bonchev–Trinajstić information content (AvgIpc) is 3.40. The third-order valence-corrected chi connectivity index (χ3v) is 6.24. The third-order valence-electron chi connectivity index (χ3n) is 4.96. The molecular weight excluding hydrogens is 439 g/mol. The van der Waals surface area contributed by atoms with Gasteiger partial charge < -0.3 is 10.1 Å². The number of carbonyl (C=O) groups excluding carboxylic acids is 1. The van der Waals surface area contributed by atoms with E-state index in [0.29, 0.717) is 28.2 Å². The van der Waals surface area contributed by atoms with E-state index < -0.39 is 0 Å². The van der Waals surface area contributed by atoms with Crippen LogP contribution >= 0.6 is 23.4 Å². The predicted molar refractivity (Wildman–Crippen MR) is 120 cm³/mol. The van der Waals surface area contributed by atoms with E-state index in [1.165, 1.54) is 23.9 Å². The van der Waals surface area contributed by atoms with Gasteiger partial charge in [-0.1, -0.05) is 29.4 Å². The van der Waals surface area contributed by atoms with Crippen molar-refractivity contribution < 1.29 is 13.9 Å². The number of hydrogen-bond acceptors (Lipinski definition) is 5. The summed E-state index contributed by atoms with van der Waals surface area (Å²) >= 11 is 7.49. The van der Waals surface area contributed by atoms with Crippen molar-refractivity contribution in [2.24, 2.45) is 0 Å². The molecule has 1 amide bonds. The predicted octanol–water partition coefficient (Wildman–Crippen LogP) is 4.96. The maximum atomic E-state index is 13.4. The van der Waals surface area contributed by atoms with Crippen molar-refractivity contribution in [2.45, 2.75) is 37.6 Å². The van der Waals surface area contributed by atoms with Gasteiger partial charge >= 0.3 is 0 Å². The van der Waals surface area contributed by atoms with Crippen LogP contribution in [0.2, 0.25) is 5.02 Å². The summed E-state index contributed by atoms with van der Waals surface area (Å²) in [5, 5.41) is 12.5. The quantitative estimate of drug-likeness (QED) is 0.505. The monoisotopic (exact) mass is 460 g/mol. The number of benzene rings is 2. The maximum absolute atomic E-state index is 13.4. The zero-order chi connectivity index (χ0) is 21.8. The first-order valence-electron chi connectivity index (χ1n) is 9.99. The highest BCUT2D eigenvalue weighted by Crippen LogP contribution is 2.28. The summed E-state index contributed by atoms with van der Waals surface area (Å²) in [6, 6.07) is 11.6. The van der Waals surface area contributed by atoms with Crippen molar-refractivity contribution >= 4 is 35.0 Å². The Hall–Kier alpha value is -2.42. The minimum Gasteiger partial charge on any atom is -0.376 e. The number of thioether (sulfide) groups is 1. The molecule has 1 N–H and O–H groups in total. The molecule has 9 heteroatoms. The molecule has 1 fully saturated rings. The molecule has 0 aliphatic carbocycles. The number of hydrogen-bond donors (Lipinski definition) is 1. The van der Waals surface area contributed by atoms with Gasteiger partial charge in [-0.3, -0.25) is 9.36 Å². The highest BCUT2D eigenvalue weighted by atomic mass is 35.5. The number of carbonyl (C=O) groups is 1. The first-order chi connectivity index (χ1) is 15.0. The van der Waals surface area contributed by atoms with E-state index in [4.69, 9.17) is 16.3 Å². The van der Waals surface area contributed by atoms with E-state index in [-0.39, 0.29) is 23.6 Å².